The van der Waals surface area contributed by atoms with Crippen LogP contribution in [0.4, 0.5) is 0 Å². The van der Waals surface area contributed by atoms with E-state index in [9.17, 15) is 0 Å². The van der Waals surface area contributed by atoms with Crippen LogP contribution in [0, 0.1) is 0 Å². The van der Waals surface area contributed by atoms with Crippen molar-refractivity contribution in [1.29, 1.82) is 0 Å². The van der Waals surface area contributed by atoms with Crippen LogP contribution in [0.5, 0.6) is 40.2 Å². The number of benzene rings is 4. The van der Waals surface area contributed by atoms with E-state index < -0.39 is 0 Å². The molecule has 4 aromatic rings. The van der Waals surface area contributed by atoms with Crippen LogP contribution in [0.25, 0.3) is 0 Å². The van der Waals surface area contributed by atoms with E-state index >= 15 is 0 Å². The Labute approximate surface area is 293 Å². The fourth-order valence-electron chi connectivity index (χ4n) is 8.82. The average molecular weight is 677 g/mol. The second-order valence-electron chi connectivity index (χ2n) is 14.0. The molecule has 0 fully saturated rings. The monoisotopic (exact) mass is 676 g/mol. The highest BCUT2D eigenvalue weighted by atomic mass is 16.7. The summed E-state index contributed by atoms with van der Waals surface area (Å²) < 4.78 is 38.9. The molecular formula is C41H44N2O7. The molecule has 1 unspecified atom stereocenters. The van der Waals surface area contributed by atoms with Gasteiger partial charge < -0.3 is 33.2 Å². The zero-order valence-corrected chi connectivity index (χ0v) is 29.3. The molecule has 0 aromatic heterocycles. The molecule has 6 aliphatic heterocycles. The molecule has 0 radical (unpaired) electrons. The number of hydrogen-bond acceptors (Lipinski definition) is 9. The number of fused-ring (bicyclic) bond motifs is 10. The minimum Gasteiger partial charge on any atom is -0.496 e. The Morgan fingerprint density at radius 3 is 1.46 bits per heavy atom. The molecule has 50 heavy (non-hydrogen) atoms. The molecule has 0 bridgehead atoms. The number of nitrogens with zero attached hydrogens (tertiary/aromatic N) is 2. The molecule has 6 heterocycles. The van der Waals surface area contributed by atoms with Gasteiger partial charge in [0.05, 0.1) is 21.3 Å². The van der Waals surface area contributed by atoms with Gasteiger partial charge in [0.1, 0.15) is 5.75 Å². The van der Waals surface area contributed by atoms with Crippen molar-refractivity contribution >= 4 is 0 Å². The number of aryl methyl sites for hydroxylation is 1. The molecule has 0 spiro atoms. The molecule has 10 rings (SSSR count). The first-order valence-corrected chi connectivity index (χ1v) is 17.8. The van der Waals surface area contributed by atoms with Gasteiger partial charge >= 0.3 is 0 Å². The fourth-order valence-corrected chi connectivity index (χ4v) is 8.82. The van der Waals surface area contributed by atoms with Gasteiger partial charge in [-0.3, -0.25) is 9.80 Å². The van der Waals surface area contributed by atoms with E-state index in [2.05, 4.69) is 65.3 Å². The summed E-state index contributed by atoms with van der Waals surface area (Å²) in [6.07, 6.45) is 5.14. The van der Waals surface area contributed by atoms with E-state index in [1.807, 2.05) is 0 Å². The van der Waals surface area contributed by atoms with Gasteiger partial charge in [-0.15, -0.1) is 0 Å². The largest absolute Gasteiger partial charge is 0.496 e. The molecule has 0 N–H and O–H groups in total. The normalized spacial score (nSPS) is 20.6. The van der Waals surface area contributed by atoms with Crippen LogP contribution in [-0.4, -0.2) is 57.8 Å². The van der Waals surface area contributed by atoms with E-state index in [-0.39, 0.29) is 0 Å². The van der Waals surface area contributed by atoms with Crippen LogP contribution < -0.4 is 33.2 Å². The standard InChI is InChI=1S/C21H23NO3.C20H21NO4/c1-3-13-6-16-11-22-5-4-14-8-20-21(25-12-24-20)10-17(14)18(22)7-15(16)9-19(13)23-2;1-22-17-7-13-5-16-15-9-20-19(24-11-25-20)6-12(15)3-4-21(16)10-14(13)8-18(17)23-2/h6,8-10,18H,3-5,7,11-12H2,1-2H3;6-9,16H,3-5,10-11H2,1-2H3/t;16-/m.0/s1. The van der Waals surface area contributed by atoms with E-state index in [4.69, 9.17) is 33.2 Å². The summed E-state index contributed by atoms with van der Waals surface area (Å²) in [6, 6.07) is 18.4. The molecule has 9 nitrogen and oxygen atoms in total. The van der Waals surface area contributed by atoms with Gasteiger partial charge in [0.15, 0.2) is 34.5 Å². The molecule has 6 aliphatic rings. The third-order valence-electron chi connectivity index (χ3n) is 11.5. The number of rotatable bonds is 4. The Bertz CT molecular complexity index is 1830. The lowest BCUT2D eigenvalue weighted by molar-refractivity contribution is 0.160. The Balaban J connectivity index is 0.000000135. The molecule has 2 atom stereocenters. The van der Waals surface area contributed by atoms with Crippen LogP contribution in [0.2, 0.25) is 0 Å². The summed E-state index contributed by atoms with van der Waals surface area (Å²) in [4.78, 5) is 5.16. The lowest BCUT2D eigenvalue weighted by Gasteiger charge is -2.41. The first-order valence-electron chi connectivity index (χ1n) is 17.8. The summed E-state index contributed by atoms with van der Waals surface area (Å²) in [5.74, 6) is 6.19. The first kappa shape index (κ1) is 31.4. The highest BCUT2D eigenvalue weighted by molar-refractivity contribution is 5.54. The zero-order chi connectivity index (χ0) is 33.9. The Morgan fingerprint density at radius 1 is 0.540 bits per heavy atom. The van der Waals surface area contributed by atoms with Gasteiger partial charge in [-0.2, -0.15) is 0 Å². The Kier molecular flexibility index (Phi) is 7.92. The van der Waals surface area contributed by atoms with E-state index in [1.165, 1.54) is 50.1 Å². The third kappa shape index (κ3) is 5.29. The molecule has 0 saturated heterocycles. The zero-order valence-electron chi connectivity index (χ0n) is 29.3. The van der Waals surface area contributed by atoms with Gasteiger partial charge in [-0.05, 0) is 125 Å². The molecular weight excluding hydrogens is 632 g/mol. The maximum Gasteiger partial charge on any atom is 0.231 e. The smallest absolute Gasteiger partial charge is 0.231 e. The quantitative estimate of drug-likeness (QED) is 0.234. The third-order valence-corrected chi connectivity index (χ3v) is 11.5. The molecule has 4 aromatic carbocycles. The van der Waals surface area contributed by atoms with Crippen molar-refractivity contribution in [3.63, 3.8) is 0 Å². The molecule has 0 amide bonds. The molecule has 0 saturated carbocycles. The van der Waals surface area contributed by atoms with Crippen LogP contribution in [0.3, 0.4) is 0 Å². The summed E-state index contributed by atoms with van der Waals surface area (Å²) >= 11 is 0. The number of hydrogen-bond donors (Lipinski definition) is 0. The Morgan fingerprint density at radius 2 is 0.980 bits per heavy atom. The minimum atomic E-state index is 0.326. The second-order valence-corrected chi connectivity index (χ2v) is 14.0. The van der Waals surface area contributed by atoms with E-state index in [1.54, 1.807) is 21.3 Å². The van der Waals surface area contributed by atoms with Crippen molar-refractivity contribution in [3.8, 4) is 40.2 Å². The highest BCUT2D eigenvalue weighted by Gasteiger charge is 2.36. The predicted molar refractivity (Wildman–Crippen MR) is 188 cm³/mol. The SMILES string of the molecule is CCc1cc2c(cc1OC)CC1c3cc4c(cc3CCN1C2)OCO4.COc1cc2c(cc1OC)CN1CCc3cc4c(cc3[C@@H]1C2)OCO4. The van der Waals surface area contributed by atoms with Gasteiger partial charge in [0.2, 0.25) is 13.6 Å². The van der Waals surface area contributed by atoms with E-state index in [0.29, 0.717) is 25.7 Å². The highest BCUT2D eigenvalue weighted by Crippen LogP contribution is 2.47. The molecule has 0 aliphatic carbocycles. The second kappa shape index (κ2) is 12.6. The summed E-state index contributed by atoms with van der Waals surface area (Å²) in [5.41, 5.74) is 12.4. The van der Waals surface area contributed by atoms with Crippen LogP contribution in [0.15, 0.2) is 48.5 Å². The van der Waals surface area contributed by atoms with Gasteiger partial charge in [-0.1, -0.05) is 13.0 Å². The fraction of sp³-hybridized carbons (Fsp3) is 0.415. The van der Waals surface area contributed by atoms with Crippen molar-refractivity contribution in [1.82, 2.24) is 9.80 Å². The maximum absolute atomic E-state index is 5.62. The minimum absolute atomic E-state index is 0.326. The topological polar surface area (TPSA) is 71.1 Å². The summed E-state index contributed by atoms with van der Waals surface area (Å²) in [6.45, 7) is 6.98. The number of ether oxygens (including phenoxy) is 7. The lowest BCUT2D eigenvalue weighted by Crippen LogP contribution is -2.39. The lowest BCUT2D eigenvalue weighted by atomic mass is 9.83. The molecule has 9 heteroatoms. The van der Waals surface area contributed by atoms with Crippen molar-refractivity contribution in [3.05, 3.63) is 98.6 Å². The van der Waals surface area contributed by atoms with Gasteiger partial charge in [0, 0.05) is 38.3 Å². The van der Waals surface area contributed by atoms with Gasteiger partial charge in [0.25, 0.3) is 0 Å². The van der Waals surface area contributed by atoms with Crippen LogP contribution in [0.1, 0.15) is 69.1 Å². The first-order chi connectivity index (χ1) is 24.5. The van der Waals surface area contributed by atoms with Crippen molar-refractivity contribution < 1.29 is 33.2 Å². The average Bonchev–Trinajstić information content (AvgIpc) is 3.82. The summed E-state index contributed by atoms with van der Waals surface area (Å²) in [5, 5.41) is 0. The summed E-state index contributed by atoms with van der Waals surface area (Å²) in [7, 11) is 5.15. The number of methoxy groups -OCH3 is 3. The van der Waals surface area contributed by atoms with Crippen LogP contribution >= 0.6 is 0 Å². The van der Waals surface area contributed by atoms with E-state index in [0.717, 1.165) is 98.5 Å². The van der Waals surface area contributed by atoms with Crippen molar-refractivity contribution in [2.24, 2.45) is 0 Å². The van der Waals surface area contributed by atoms with Crippen molar-refractivity contribution in [2.75, 3.05) is 48.0 Å². The molecule has 260 valence electrons. The maximum atomic E-state index is 5.62. The van der Waals surface area contributed by atoms with Gasteiger partial charge in [-0.25, -0.2) is 0 Å². The van der Waals surface area contributed by atoms with Crippen LogP contribution in [-0.2, 0) is 45.2 Å². The Hall–Kier alpha value is -4.60. The predicted octanol–water partition coefficient (Wildman–Crippen LogP) is 6.73. The van der Waals surface area contributed by atoms with Crippen molar-refractivity contribution in [2.45, 2.75) is 64.2 Å².